The zero-order chi connectivity index (χ0) is 13.7. The van der Waals surface area contributed by atoms with E-state index in [9.17, 15) is 4.79 Å². The molecule has 0 aliphatic carbocycles. The zero-order valence-electron chi connectivity index (χ0n) is 10.4. The maximum absolute atomic E-state index is 10.8. The second-order valence-electron chi connectivity index (χ2n) is 3.83. The van der Waals surface area contributed by atoms with E-state index in [1.165, 1.54) is 12.0 Å². The topological polar surface area (TPSA) is 35.5 Å². The number of benzene rings is 1. The molecule has 0 aliphatic rings. The molecule has 0 radical (unpaired) electrons. The van der Waals surface area contributed by atoms with Crippen LogP contribution >= 0.6 is 22.9 Å². The van der Waals surface area contributed by atoms with Gasteiger partial charge in [0.15, 0.2) is 11.5 Å². The van der Waals surface area contributed by atoms with Gasteiger partial charge < -0.3 is 9.47 Å². The van der Waals surface area contributed by atoms with E-state index in [-0.39, 0.29) is 0 Å². The van der Waals surface area contributed by atoms with Crippen molar-refractivity contribution in [3.05, 3.63) is 45.1 Å². The van der Waals surface area contributed by atoms with Gasteiger partial charge in [-0.2, -0.15) is 0 Å². The summed E-state index contributed by atoms with van der Waals surface area (Å²) in [5, 5.41) is 2.41. The van der Waals surface area contributed by atoms with Crippen molar-refractivity contribution in [3.8, 4) is 11.5 Å². The van der Waals surface area contributed by atoms with Crippen molar-refractivity contribution in [1.82, 2.24) is 0 Å². The van der Waals surface area contributed by atoms with Gasteiger partial charge in [0.05, 0.1) is 18.7 Å². The molecule has 1 heterocycles. The average molecular weight is 297 g/mol. The summed E-state index contributed by atoms with van der Waals surface area (Å²) in [6, 6.07) is 7.24. The summed E-state index contributed by atoms with van der Waals surface area (Å²) in [7, 11) is 1.52. The Kier molecular flexibility index (Phi) is 4.82. The Bertz CT molecular complexity index is 552. The molecule has 1 aromatic heterocycles. The molecule has 0 unspecified atom stereocenters. The highest BCUT2D eigenvalue weighted by Gasteiger charge is 2.11. The minimum Gasteiger partial charge on any atom is -0.493 e. The van der Waals surface area contributed by atoms with E-state index in [2.05, 4.69) is 6.07 Å². The zero-order valence-corrected chi connectivity index (χ0v) is 12.0. The minimum absolute atomic E-state index is 0.382. The van der Waals surface area contributed by atoms with E-state index < -0.39 is 0 Å². The SMILES string of the molecule is COc1cc(C=O)cc(Cl)c1OCCc1cccs1. The van der Waals surface area contributed by atoms with Crippen LogP contribution in [0.2, 0.25) is 5.02 Å². The summed E-state index contributed by atoms with van der Waals surface area (Å²) < 4.78 is 10.9. The second-order valence-corrected chi connectivity index (χ2v) is 5.27. The standard InChI is InChI=1S/C14H13ClO3S/c1-17-13-8-10(9-16)7-12(15)14(13)18-5-4-11-3-2-6-19-11/h2-3,6-9H,4-5H2,1H3. The lowest BCUT2D eigenvalue weighted by molar-refractivity contribution is 0.112. The maximum Gasteiger partial charge on any atom is 0.179 e. The van der Waals surface area contributed by atoms with Crippen LogP contribution in [0.1, 0.15) is 15.2 Å². The summed E-state index contributed by atoms with van der Waals surface area (Å²) in [6.45, 7) is 0.511. The van der Waals surface area contributed by atoms with Crippen LogP contribution < -0.4 is 9.47 Å². The van der Waals surface area contributed by atoms with Gasteiger partial charge in [0, 0.05) is 16.9 Å². The molecule has 0 saturated carbocycles. The number of aldehydes is 1. The lowest BCUT2D eigenvalue weighted by Gasteiger charge is -2.12. The van der Waals surface area contributed by atoms with Crippen molar-refractivity contribution >= 4 is 29.2 Å². The van der Waals surface area contributed by atoms with Crippen molar-refractivity contribution in [2.24, 2.45) is 0 Å². The predicted molar refractivity (Wildman–Crippen MR) is 76.9 cm³/mol. The Morgan fingerprint density at radius 1 is 1.42 bits per heavy atom. The van der Waals surface area contributed by atoms with Crippen molar-refractivity contribution in [2.75, 3.05) is 13.7 Å². The molecular weight excluding hydrogens is 284 g/mol. The van der Waals surface area contributed by atoms with Gasteiger partial charge in [-0.3, -0.25) is 4.79 Å². The van der Waals surface area contributed by atoms with Crippen LogP contribution in [-0.4, -0.2) is 20.0 Å². The van der Waals surface area contributed by atoms with Crippen LogP contribution in [0.15, 0.2) is 29.6 Å². The molecule has 100 valence electrons. The Labute approximate surface area is 120 Å². The van der Waals surface area contributed by atoms with Crippen molar-refractivity contribution in [1.29, 1.82) is 0 Å². The third-order valence-electron chi connectivity index (χ3n) is 2.56. The predicted octanol–water partition coefficient (Wildman–Crippen LogP) is 3.84. The third-order valence-corrected chi connectivity index (χ3v) is 3.78. The fourth-order valence-electron chi connectivity index (χ4n) is 1.66. The van der Waals surface area contributed by atoms with E-state index in [1.807, 2.05) is 11.4 Å². The highest BCUT2D eigenvalue weighted by Crippen LogP contribution is 2.36. The lowest BCUT2D eigenvalue weighted by Crippen LogP contribution is -2.02. The molecule has 5 heteroatoms. The first-order chi connectivity index (χ1) is 9.24. The summed E-state index contributed by atoms with van der Waals surface area (Å²) in [5.41, 5.74) is 0.465. The summed E-state index contributed by atoms with van der Waals surface area (Å²) in [6.07, 6.45) is 1.54. The number of hydrogen-bond acceptors (Lipinski definition) is 4. The maximum atomic E-state index is 10.8. The van der Waals surface area contributed by atoms with Gasteiger partial charge in [-0.05, 0) is 23.6 Å². The summed E-state index contributed by atoms with van der Waals surface area (Å²) >= 11 is 7.78. The highest BCUT2D eigenvalue weighted by molar-refractivity contribution is 7.09. The number of halogens is 1. The summed E-state index contributed by atoms with van der Waals surface area (Å²) in [5.74, 6) is 0.951. The normalized spacial score (nSPS) is 10.2. The number of carbonyl (C=O) groups is 1. The van der Waals surface area contributed by atoms with Crippen LogP contribution in [0.3, 0.4) is 0 Å². The molecule has 0 atom stereocenters. The van der Waals surface area contributed by atoms with Gasteiger partial charge in [-0.25, -0.2) is 0 Å². The fourth-order valence-corrected chi connectivity index (χ4v) is 2.62. The number of ether oxygens (including phenoxy) is 2. The smallest absolute Gasteiger partial charge is 0.179 e. The van der Waals surface area contributed by atoms with Crippen molar-refractivity contribution < 1.29 is 14.3 Å². The molecule has 19 heavy (non-hydrogen) atoms. The van der Waals surface area contributed by atoms with Crippen LogP contribution in [0.25, 0.3) is 0 Å². The molecule has 0 spiro atoms. The molecule has 1 aromatic carbocycles. The van der Waals surface area contributed by atoms with Crippen LogP contribution in [0.4, 0.5) is 0 Å². The monoisotopic (exact) mass is 296 g/mol. The van der Waals surface area contributed by atoms with Gasteiger partial charge in [-0.15, -0.1) is 11.3 Å². The Hall–Kier alpha value is -1.52. The van der Waals surface area contributed by atoms with E-state index in [0.717, 1.165) is 12.7 Å². The number of rotatable bonds is 6. The number of hydrogen-bond donors (Lipinski definition) is 0. The van der Waals surface area contributed by atoms with Crippen molar-refractivity contribution in [2.45, 2.75) is 6.42 Å². The van der Waals surface area contributed by atoms with Gasteiger partial charge in [-0.1, -0.05) is 17.7 Å². The molecule has 0 saturated heterocycles. The largest absolute Gasteiger partial charge is 0.493 e. The minimum atomic E-state index is 0.382. The molecule has 2 aromatic rings. The number of carbonyl (C=O) groups excluding carboxylic acids is 1. The fraction of sp³-hybridized carbons (Fsp3) is 0.214. The molecule has 0 bridgehead atoms. The average Bonchev–Trinajstić information content (AvgIpc) is 2.93. The van der Waals surface area contributed by atoms with E-state index in [0.29, 0.717) is 28.7 Å². The number of thiophene rings is 1. The molecule has 0 amide bonds. The molecular formula is C14H13ClO3S. The molecule has 0 N–H and O–H groups in total. The number of methoxy groups -OCH3 is 1. The molecule has 2 rings (SSSR count). The highest BCUT2D eigenvalue weighted by atomic mass is 35.5. The summed E-state index contributed by atoms with van der Waals surface area (Å²) in [4.78, 5) is 12.0. The van der Waals surface area contributed by atoms with E-state index >= 15 is 0 Å². The first-order valence-corrected chi connectivity index (χ1v) is 6.98. The van der Waals surface area contributed by atoms with Crippen LogP contribution in [0, 0.1) is 0 Å². The van der Waals surface area contributed by atoms with E-state index in [1.54, 1.807) is 23.5 Å². The Balaban J connectivity index is 2.08. The van der Waals surface area contributed by atoms with E-state index in [4.69, 9.17) is 21.1 Å². The van der Waals surface area contributed by atoms with Gasteiger partial charge in [0.2, 0.25) is 0 Å². The van der Waals surface area contributed by atoms with Gasteiger partial charge >= 0.3 is 0 Å². The third kappa shape index (κ3) is 3.49. The molecule has 0 aliphatic heterocycles. The quantitative estimate of drug-likeness (QED) is 0.760. The molecule has 0 fully saturated rings. The van der Waals surface area contributed by atoms with Crippen molar-refractivity contribution in [3.63, 3.8) is 0 Å². The van der Waals surface area contributed by atoms with Gasteiger partial charge in [0.1, 0.15) is 6.29 Å². The lowest BCUT2D eigenvalue weighted by atomic mass is 10.2. The Morgan fingerprint density at radius 2 is 2.26 bits per heavy atom. The van der Waals surface area contributed by atoms with Gasteiger partial charge in [0.25, 0.3) is 0 Å². The first-order valence-electron chi connectivity index (χ1n) is 5.72. The molecule has 3 nitrogen and oxygen atoms in total. The second kappa shape index (κ2) is 6.59. The van der Waals surface area contributed by atoms with Crippen LogP contribution in [-0.2, 0) is 6.42 Å². The first kappa shape index (κ1) is 13.9. The van der Waals surface area contributed by atoms with Crippen LogP contribution in [0.5, 0.6) is 11.5 Å². The Morgan fingerprint density at radius 3 is 2.89 bits per heavy atom.